The average Bonchev–Trinajstić information content (AvgIpc) is 2.87. The summed E-state index contributed by atoms with van der Waals surface area (Å²) >= 11 is 0. The van der Waals surface area contributed by atoms with Crippen molar-refractivity contribution in [1.29, 1.82) is 0 Å². The maximum atomic E-state index is 11.8. The molecule has 1 aromatic rings. The molecule has 4 nitrogen and oxygen atoms in total. The second-order valence-corrected chi connectivity index (χ2v) is 4.93. The van der Waals surface area contributed by atoms with Crippen molar-refractivity contribution in [2.75, 3.05) is 0 Å². The summed E-state index contributed by atoms with van der Waals surface area (Å²) < 4.78 is 10.5. The highest BCUT2D eigenvalue weighted by Gasteiger charge is 2.30. The molecule has 0 fully saturated rings. The minimum Gasteiger partial charge on any atom is -0.457 e. The van der Waals surface area contributed by atoms with Crippen molar-refractivity contribution in [3.63, 3.8) is 0 Å². The largest absolute Gasteiger partial charge is 0.457 e. The molecule has 0 unspecified atom stereocenters. The first kappa shape index (κ1) is 14.8. The highest BCUT2D eigenvalue weighted by molar-refractivity contribution is 5.86. The van der Waals surface area contributed by atoms with Crippen molar-refractivity contribution in [3.05, 3.63) is 24.2 Å². The number of esters is 1. The van der Waals surface area contributed by atoms with Crippen LogP contribution in [0, 0.1) is 11.8 Å². The third kappa shape index (κ3) is 3.60. The molecule has 0 aliphatic rings. The van der Waals surface area contributed by atoms with Gasteiger partial charge in [-0.25, -0.2) is 4.79 Å². The lowest BCUT2D eigenvalue weighted by molar-refractivity contribution is -0.0335. The molecule has 0 saturated carbocycles. The standard InChI is InChI=1S/C14H22O4/c1-5-11(15)10(4)13(9(2)3)18-14(16)12-7-6-8-17-12/h6-11,13,15H,5H2,1-4H3/t10-,11-,13-/m0/s1. The van der Waals surface area contributed by atoms with Crippen molar-refractivity contribution in [2.24, 2.45) is 11.8 Å². The third-order valence-electron chi connectivity index (χ3n) is 3.17. The van der Waals surface area contributed by atoms with Gasteiger partial charge in [0.1, 0.15) is 6.10 Å². The first-order valence-corrected chi connectivity index (χ1v) is 6.39. The SMILES string of the molecule is CC[C@H](O)[C@H](C)[C@@H](OC(=O)c1ccco1)C(C)C. The molecule has 0 aliphatic heterocycles. The fraction of sp³-hybridized carbons (Fsp3) is 0.643. The molecule has 0 spiro atoms. The maximum Gasteiger partial charge on any atom is 0.374 e. The molecule has 0 radical (unpaired) electrons. The lowest BCUT2D eigenvalue weighted by Crippen LogP contribution is -2.36. The van der Waals surface area contributed by atoms with Gasteiger partial charge in [-0.15, -0.1) is 0 Å². The van der Waals surface area contributed by atoms with E-state index in [-0.39, 0.29) is 23.7 Å². The molecule has 1 heterocycles. The second-order valence-electron chi connectivity index (χ2n) is 4.93. The van der Waals surface area contributed by atoms with Crippen molar-refractivity contribution < 1.29 is 19.1 Å². The molecular weight excluding hydrogens is 232 g/mol. The Labute approximate surface area is 108 Å². The number of furan rings is 1. The Balaban J connectivity index is 2.72. The Morgan fingerprint density at radius 2 is 2.11 bits per heavy atom. The first-order chi connectivity index (χ1) is 8.47. The number of aliphatic hydroxyl groups is 1. The highest BCUT2D eigenvalue weighted by atomic mass is 16.6. The Morgan fingerprint density at radius 1 is 1.44 bits per heavy atom. The summed E-state index contributed by atoms with van der Waals surface area (Å²) in [5.74, 6) is -0.248. The maximum absolute atomic E-state index is 11.8. The van der Waals surface area contributed by atoms with Crippen LogP contribution in [0.3, 0.4) is 0 Å². The topological polar surface area (TPSA) is 59.7 Å². The number of ether oxygens (including phenoxy) is 1. The van der Waals surface area contributed by atoms with Gasteiger partial charge in [0, 0.05) is 5.92 Å². The number of carbonyl (C=O) groups is 1. The zero-order valence-corrected chi connectivity index (χ0v) is 11.4. The smallest absolute Gasteiger partial charge is 0.374 e. The molecule has 102 valence electrons. The Kier molecular flexibility index (Phi) is 5.41. The Hall–Kier alpha value is -1.29. The summed E-state index contributed by atoms with van der Waals surface area (Å²) in [5, 5.41) is 9.87. The van der Waals surface area contributed by atoms with Gasteiger partial charge in [-0.3, -0.25) is 0 Å². The molecule has 0 aromatic carbocycles. The third-order valence-corrected chi connectivity index (χ3v) is 3.17. The number of carbonyl (C=O) groups excluding carboxylic acids is 1. The molecule has 1 aromatic heterocycles. The van der Waals surface area contributed by atoms with Crippen molar-refractivity contribution in [3.8, 4) is 0 Å². The minimum atomic E-state index is -0.478. The number of rotatable bonds is 6. The fourth-order valence-electron chi connectivity index (χ4n) is 2.02. The van der Waals surface area contributed by atoms with Crippen LogP contribution >= 0.6 is 0 Å². The monoisotopic (exact) mass is 254 g/mol. The van der Waals surface area contributed by atoms with E-state index in [0.29, 0.717) is 6.42 Å². The number of hydrogen-bond acceptors (Lipinski definition) is 4. The van der Waals surface area contributed by atoms with Crippen LogP contribution in [-0.2, 0) is 4.74 Å². The minimum absolute atomic E-state index is 0.103. The quantitative estimate of drug-likeness (QED) is 0.793. The average molecular weight is 254 g/mol. The van der Waals surface area contributed by atoms with Crippen LogP contribution < -0.4 is 0 Å². The molecule has 3 atom stereocenters. The summed E-state index contributed by atoms with van der Waals surface area (Å²) in [5.41, 5.74) is 0. The van der Waals surface area contributed by atoms with Gasteiger partial charge in [-0.1, -0.05) is 27.7 Å². The van der Waals surface area contributed by atoms with E-state index in [9.17, 15) is 9.90 Å². The summed E-state index contributed by atoms with van der Waals surface area (Å²) in [6.45, 7) is 7.75. The van der Waals surface area contributed by atoms with Gasteiger partial charge >= 0.3 is 5.97 Å². The van der Waals surface area contributed by atoms with Crippen LogP contribution in [0.1, 0.15) is 44.7 Å². The van der Waals surface area contributed by atoms with Gasteiger partial charge in [0.25, 0.3) is 0 Å². The lowest BCUT2D eigenvalue weighted by Gasteiger charge is -2.29. The van der Waals surface area contributed by atoms with E-state index in [1.54, 1.807) is 12.1 Å². The second kappa shape index (κ2) is 6.59. The summed E-state index contributed by atoms with van der Waals surface area (Å²) in [6.07, 6.45) is 1.29. The van der Waals surface area contributed by atoms with E-state index < -0.39 is 12.1 Å². The summed E-state index contributed by atoms with van der Waals surface area (Å²) in [4.78, 5) is 11.8. The van der Waals surface area contributed by atoms with Crippen molar-refractivity contribution in [1.82, 2.24) is 0 Å². The zero-order chi connectivity index (χ0) is 13.7. The molecule has 18 heavy (non-hydrogen) atoms. The van der Waals surface area contributed by atoms with E-state index in [1.165, 1.54) is 6.26 Å². The van der Waals surface area contributed by atoms with Crippen molar-refractivity contribution >= 4 is 5.97 Å². The van der Waals surface area contributed by atoms with Crippen LogP contribution in [0.4, 0.5) is 0 Å². The molecule has 1 N–H and O–H groups in total. The van der Waals surface area contributed by atoms with Gasteiger partial charge in [0.05, 0.1) is 12.4 Å². The van der Waals surface area contributed by atoms with Gasteiger partial charge in [-0.2, -0.15) is 0 Å². The predicted octanol–water partition coefficient (Wildman–Crippen LogP) is 2.87. The van der Waals surface area contributed by atoms with E-state index >= 15 is 0 Å². The van der Waals surface area contributed by atoms with Crippen molar-refractivity contribution in [2.45, 2.75) is 46.3 Å². The molecule has 0 aliphatic carbocycles. The summed E-state index contributed by atoms with van der Waals surface area (Å²) in [7, 11) is 0. The summed E-state index contributed by atoms with van der Waals surface area (Å²) in [6, 6.07) is 3.21. The van der Waals surface area contributed by atoms with Crippen LogP contribution in [0.25, 0.3) is 0 Å². The van der Waals surface area contributed by atoms with Crippen LogP contribution in [-0.4, -0.2) is 23.3 Å². The van der Waals surface area contributed by atoms with E-state index in [1.807, 2.05) is 27.7 Å². The zero-order valence-electron chi connectivity index (χ0n) is 11.4. The highest BCUT2D eigenvalue weighted by Crippen LogP contribution is 2.22. The van der Waals surface area contributed by atoms with Crippen LogP contribution in [0.5, 0.6) is 0 Å². The normalized spacial score (nSPS) is 16.3. The van der Waals surface area contributed by atoms with Gasteiger partial charge in [0.2, 0.25) is 5.76 Å². The van der Waals surface area contributed by atoms with E-state index in [2.05, 4.69) is 0 Å². The van der Waals surface area contributed by atoms with Crippen LogP contribution in [0.15, 0.2) is 22.8 Å². The van der Waals surface area contributed by atoms with E-state index in [0.717, 1.165) is 0 Å². The Bertz CT molecular complexity index is 356. The lowest BCUT2D eigenvalue weighted by atomic mass is 9.89. The molecule has 0 amide bonds. The molecule has 1 rings (SSSR count). The van der Waals surface area contributed by atoms with E-state index in [4.69, 9.17) is 9.15 Å². The molecule has 0 saturated heterocycles. The molecule has 0 bridgehead atoms. The first-order valence-electron chi connectivity index (χ1n) is 6.39. The van der Waals surface area contributed by atoms with Gasteiger partial charge in [0.15, 0.2) is 0 Å². The number of aliphatic hydroxyl groups excluding tert-OH is 1. The van der Waals surface area contributed by atoms with Gasteiger partial charge < -0.3 is 14.3 Å². The Morgan fingerprint density at radius 3 is 2.56 bits per heavy atom. The molecule has 4 heteroatoms. The predicted molar refractivity (Wildman–Crippen MR) is 68.2 cm³/mol. The molecular formula is C14H22O4. The van der Waals surface area contributed by atoms with Gasteiger partial charge in [-0.05, 0) is 24.5 Å². The fourth-order valence-corrected chi connectivity index (χ4v) is 2.02. The van der Waals surface area contributed by atoms with Crippen LogP contribution in [0.2, 0.25) is 0 Å². The number of hydrogen-bond donors (Lipinski definition) is 1.